The van der Waals surface area contributed by atoms with Gasteiger partial charge in [0.2, 0.25) is 0 Å². The molecule has 0 heterocycles. The summed E-state index contributed by atoms with van der Waals surface area (Å²) in [6.45, 7) is 0.0234. The average Bonchev–Trinajstić information content (AvgIpc) is 2.48. The Balaban J connectivity index is 2.09. The number of hydrogen-bond acceptors (Lipinski definition) is 4. The number of aliphatic hydroxyl groups is 2. The molecule has 0 aromatic heterocycles. The maximum Gasteiger partial charge on any atom is 0.0942 e. The molecule has 0 aliphatic heterocycles. The Kier molecular flexibility index (Phi) is 5.24. The van der Waals surface area contributed by atoms with Gasteiger partial charge in [-0.2, -0.15) is 0 Å². The van der Waals surface area contributed by atoms with E-state index in [2.05, 4.69) is 10.6 Å². The SMILES string of the molecule is OCC(O)CNc1ccccc1Nc1ccc(Cl)cc1. The number of halogens is 1. The van der Waals surface area contributed by atoms with Crippen LogP contribution in [-0.2, 0) is 0 Å². The fourth-order valence-corrected chi connectivity index (χ4v) is 1.85. The van der Waals surface area contributed by atoms with Crippen molar-refractivity contribution in [3.05, 3.63) is 53.6 Å². The summed E-state index contributed by atoms with van der Waals surface area (Å²) in [5.41, 5.74) is 2.67. The zero-order chi connectivity index (χ0) is 14.4. The van der Waals surface area contributed by atoms with Gasteiger partial charge in [0.25, 0.3) is 0 Å². The van der Waals surface area contributed by atoms with E-state index in [-0.39, 0.29) is 13.2 Å². The van der Waals surface area contributed by atoms with Gasteiger partial charge >= 0.3 is 0 Å². The fourth-order valence-electron chi connectivity index (χ4n) is 1.73. The molecule has 0 bridgehead atoms. The van der Waals surface area contributed by atoms with E-state index >= 15 is 0 Å². The summed E-state index contributed by atoms with van der Waals surface area (Å²) in [6, 6.07) is 15.1. The van der Waals surface area contributed by atoms with Crippen LogP contribution in [0.15, 0.2) is 48.5 Å². The van der Waals surface area contributed by atoms with Crippen molar-refractivity contribution in [1.29, 1.82) is 0 Å². The lowest BCUT2D eigenvalue weighted by Crippen LogP contribution is -2.23. The Bertz CT molecular complexity index is 546. The molecule has 0 spiro atoms. The first-order valence-electron chi connectivity index (χ1n) is 6.33. The first-order chi connectivity index (χ1) is 9.69. The Morgan fingerprint density at radius 2 is 1.65 bits per heavy atom. The van der Waals surface area contributed by atoms with E-state index in [0.29, 0.717) is 5.02 Å². The van der Waals surface area contributed by atoms with E-state index in [1.165, 1.54) is 0 Å². The average molecular weight is 293 g/mol. The third-order valence-corrected chi connectivity index (χ3v) is 3.04. The fraction of sp³-hybridized carbons (Fsp3) is 0.200. The lowest BCUT2D eigenvalue weighted by atomic mass is 10.2. The predicted molar refractivity (Wildman–Crippen MR) is 82.8 cm³/mol. The van der Waals surface area contributed by atoms with Crippen molar-refractivity contribution in [2.75, 3.05) is 23.8 Å². The normalized spacial score (nSPS) is 11.9. The number of anilines is 3. The van der Waals surface area contributed by atoms with E-state index in [4.69, 9.17) is 16.7 Å². The lowest BCUT2D eigenvalue weighted by Gasteiger charge is -2.15. The molecular formula is C15H17ClN2O2. The van der Waals surface area contributed by atoms with Crippen LogP contribution in [0.3, 0.4) is 0 Å². The molecule has 0 saturated carbocycles. The van der Waals surface area contributed by atoms with Crippen LogP contribution in [0, 0.1) is 0 Å². The van der Waals surface area contributed by atoms with Gasteiger partial charge in [-0.3, -0.25) is 0 Å². The van der Waals surface area contributed by atoms with Gasteiger partial charge in [0, 0.05) is 17.3 Å². The molecule has 2 aromatic rings. The van der Waals surface area contributed by atoms with Crippen molar-refractivity contribution in [1.82, 2.24) is 0 Å². The second-order valence-corrected chi connectivity index (χ2v) is 4.83. The van der Waals surface area contributed by atoms with Crippen molar-refractivity contribution >= 4 is 28.7 Å². The van der Waals surface area contributed by atoms with E-state index in [9.17, 15) is 5.11 Å². The topological polar surface area (TPSA) is 64.5 Å². The molecule has 0 fully saturated rings. The van der Waals surface area contributed by atoms with Crippen LogP contribution < -0.4 is 10.6 Å². The number of rotatable bonds is 6. The van der Waals surface area contributed by atoms with Gasteiger partial charge in [-0.25, -0.2) is 0 Å². The van der Waals surface area contributed by atoms with Crippen LogP contribution in [0.4, 0.5) is 17.1 Å². The largest absolute Gasteiger partial charge is 0.394 e. The second-order valence-electron chi connectivity index (χ2n) is 4.39. The summed E-state index contributed by atoms with van der Waals surface area (Å²) in [5, 5.41) is 25.3. The van der Waals surface area contributed by atoms with Gasteiger partial charge in [-0.15, -0.1) is 0 Å². The molecule has 0 aliphatic carbocycles. The van der Waals surface area contributed by atoms with E-state index in [1.807, 2.05) is 48.5 Å². The van der Waals surface area contributed by atoms with E-state index in [1.54, 1.807) is 0 Å². The monoisotopic (exact) mass is 292 g/mol. The predicted octanol–water partition coefficient (Wildman–Crippen LogP) is 2.85. The molecule has 5 heteroatoms. The number of nitrogens with one attached hydrogen (secondary N) is 2. The van der Waals surface area contributed by atoms with Crippen LogP contribution in [-0.4, -0.2) is 29.5 Å². The third-order valence-electron chi connectivity index (χ3n) is 2.79. The Morgan fingerprint density at radius 1 is 1.00 bits per heavy atom. The van der Waals surface area contributed by atoms with Gasteiger partial charge in [0.15, 0.2) is 0 Å². The summed E-state index contributed by atoms with van der Waals surface area (Å²) in [4.78, 5) is 0. The Morgan fingerprint density at radius 3 is 2.30 bits per heavy atom. The number of benzene rings is 2. The molecule has 20 heavy (non-hydrogen) atoms. The number of hydrogen-bond donors (Lipinski definition) is 4. The number of aliphatic hydroxyl groups excluding tert-OH is 2. The molecule has 1 atom stereocenters. The van der Waals surface area contributed by atoms with Crippen LogP contribution in [0.5, 0.6) is 0 Å². The highest BCUT2D eigenvalue weighted by Gasteiger charge is 2.05. The molecule has 1 unspecified atom stereocenters. The van der Waals surface area contributed by atoms with Gasteiger partial charge in [-0.05, 0) is 36.4 Å². The van der Waals surface area contributed by atoms with Crippen molar-refractivity contribution in [2.24, 2.45) is 0 Å². The van der Waals surface area contributed by atoms with E-state index < -0.39 is 6.10 Å². The highest BCUT2D eigenvalue weighted by molar-refractivity contribution is 6.30. The van der Waals surface area contributed by atoms with Gasteiger partial charge in [0.05, 0.1) is 24.1 Å². The smallest absolute Gasteiger partial charge is 0.0942 e. The Hall–Kier alpha value is -1.75. The zero-order valence-corrected chi connectivity index (χ0v) is 11.6. The van der Waals surface area contributed by atoms with Crippen LogP contribution in [0.2, 0.25) is 5.02 Å². The minimum Gasteiger partial charge on any atom is -0.394 e. The Labute approximate surface area is 123 Å². The lowest BCUT2D eigenvalue weighted by molar-refractivity contribution is 0.105. The molecule has 2 rings (SSSR count). The van der Waals surface area contributed by atoms with E-state index in [0.717, 1.165) is 17.1 Å². The van der Waals surface area contributed by atoms with Gasteiger partial charge in [0.1, 0.15) is 0 Å². The molecular weight excluding hydrogens is 276 g/mol. The van der Waals surface area contributed by atoms with Gasteiger partial charge in [-0.1, -0.05) is 23.7 Å². The number of para-hydroxylation sites is 2. The molecule has 106 valence electrons. The quantitative estimate of drug-likeness (QED) is 0.661. The molecule has 0 radical (unpaired) electrons. The summed E-state index contributed by atoms with van der Waals surface area (Å²) >= 11 is 5.85. The van der Waals surface area contributed by atoms with Gasteiger partial charge < -0.3 is 20.8 Å². The van der Waals surface area contributed by atoms with Crippen LogP contribution in [0.1, 0.15) is 0 Å². The standard InChI is InChI=1S/C15H17ClN2O2/c16-11-5-7-12(8-6-11)18-15-4-2-1-3-14(15)17-9-13(20)10-19/h1-8,13,17-20H,9-10H2. The minimum atomic E-state index is -0.779. The highest BCUT2D eigenvalue weighted by Crippen LogP contribution is 2.25. The summed E-state index contributed by atoms with van der Waals surface area (Å²) in [6.07, 6.45) is -0.779. The second kappa shape index (κ2) is 7.14. The molecule has 0 aliphatic rings. The highest BCUT2D eigenvalue weighted by atomic mass is 35.5. The van der Waals surface area contributed by atoms with Crippen LogP contribution in [0.25, 0.3) is 0 Å². The first-order valence-corrected chi connectivity index (χ1v) is 6.71. The first kappa shape index (κ1) is 14.7. The van der Waals surface area contributed by atoms with Crippen molar-refractivity contribution < 1.29 is 10.2 Å². The maximum atomic E-state index is 9.38. The summed E-state index contributed by atoms with van der Waals surface area (Å²) < 4.78 is 0. The minimum absolute atomic E-state index is 0.264. The molecule has 4 nitrogen and oxygen atoms in total. The van der Waals surface area contributed by atoms with Crippen molar-refractivity contribution in [2.45, 2.75) is 6.10 Å². The molecule has 4 N–H and O–H groups in total. The molecule has 0 saturated heterocycles. The molecule has 2 aromatic carbocycles. The third kappa shape index (κ3) is 4.13. The van der Waals surface area contributed by atoms with Crippen LogP contribution >= 0.6 is 11.6 Å². The molecule has 0 amide bonds. The zero-order valence-electron chi connectivity index (χ0n) is 10.9. The van der Waals surface area contributed by atoms with Crippen molar-refractivity contribution in [3.8, 4) is 0 Å². The summed E-state index contributed by atoms with van der Waals surface area (Å²) in [5.74, 6) is 0. The van der Waals surface area contributed by atoms with Crippen molar-refractivity contribution in [3.63, 3.8) is 0 Å². The maximum absolute atomic E-state index is 9.38. The summed E-state index contributed by atoms with van der Waals surface area (Å²) in [7, 11) is 0.